The molecule has 0 aliphatic rings. The lowest BCUT2D eigenvalue weighted by molar-refractivity contribution is 0.102. The van der Waals surface area contributed by atoms with Gasteiger partial charge >= 0.3 is 0 Å². The number of nitrogens with zero attached hydrogens (tertiary/aromatic N) is 2. The van der Waals surface area contributed by atoms with Gasteiger partial charge in [0.2, 0.25) is 0 Å². The molecule has 1 amide bonds. The number of benzene rings is 1. The van der Waals surface area contributed by atoms with Crippen LogP contribution in [-0.2, 0) is 5.41 Å². The number of carbonyl (C=O) groups is 1. The van der Waals surface area contributed by atoms with Gasteiger partial charge in [0.1, 0.15) is 5.69 Å². The Balaban J connectivity index is 1.65. The number of nitrogens with one attached hydrogen (secondary N) is 3. The van der Waals surface area contributed by atoms with Crippen molar-refractivity contribution in [2.75, 3.05) is 5.32 Å². The first kappa shape index (κ1) is 19.0. The molecule has 29 heavy (non-hydrogen) atoms. The summed E-state index contributed by atoms with van der Waals surface area (Å²) in [6.07, 6.45) is 3.31. The average Bonchev–Trinajstić information content (AvgIpc) is 3.28. The fourth-order valence-corrected chi connectivity index (χ4v) is 3.17. The smallest absolute Gasteiger partial charge is 0.272 e. The standard InChI is InChI=1S/C21H20ClN5O2/c1-21(2,3)17-9-18(28)27-19(26-17)15(11-24-27)12-4-6-14(7-5-12)25-20(29)16-8-13(22)10-23-16/h4-11,23-24H,1-3H3,(H,25,29). The summed E-state index contributed by atoms with van der Waals surface area (Å²) in [6.45, 7) is 6.06. The SMILES string of the molecule is CC(C)(C)c1cc(=O)n2[nH]cc(-c3ccc(NC(=O)c4cc(Cl)c[nH]4)cc3)c2n1. The number of hydrogen-bond donors (Lipinski definition) is 3. The van der Waals surface area contributed by atoms with E-state index in [1.54, 1.807) is 36.7 Å². The Labute approximate surface area is 171 Å². The molecule has 1 aromatic carbocycles. The van der Waals surface area contributed by atoms with Gasteiger partial charge in [-0.1, -0.05) is 44.5 Å². The zero-order valence-electron chi connectivity index (χ0n) is 16.2. The Morgan fingerprint density at radius 2 is 1.86 bits per heavy atom. The quantitative estimate of drug-likeness (QED) is 0.472. The number of H-pyrrole nitrogens is 2. The van der Waals surface area contributed by atoms with Gasteiger partial charge in [0.25, 0.3) is 11.5 Å². The topological polar surface area (TPSA) is 95.0 Å². The molecular weight excluding hydrogens is 390 g/mol. The molecule has 7 nitrogen and oxygen atoms in total. The maximum Gasteiger partial charge on any atom is 0.272 e. The lowest BCUT2D eigenvalue weighted by atomic mass is 9.92. The molecule has 4 aromatic rings. The van der Waals surface area contributed by atoms with Crippen LogP contribution in [0.2, 0.25) is 5.02 Å². The Morgan fingerprint density at radius 3 is 2.48 bits per heavy atom. The molecule has 0 bridgehead atoms. The van der Waals surface area contributed by atoms with Crippen molar-refractivity contribution < 1.29 is 4.79 Å². The summed E-state index contributed by atoms with van der Waals surface area (Å²) in [4.78, 5) is 32.2. The number of aromatic nitrogens is 4. The van der Waals surface area contributed by atoms with E-state index < -0.39 is 0 Å². The largest absolute Gasteiger partial charge is 0.356 e. The van der Waals surface area contributed by atoms with E-state index in [-0.39, 0.29) is 16.9 Å². The third-order valence-corrected chi connectivity index (χ3v) is 4.83. The molecular formula is C21H20ClN5O2. The molecule has 4 rings (SSSR count). The Morgan fingerprint density at radius 1 is 1.14 bits per heavy atom. The van der Waals surface area contributed by atoms with Gasteiger partial charge in [0.15, 0.2) is 5.65 Å². The number of halogens is 1. The highest BCUT2D eigenvalue weighted by molar-refractivity contribution is 6.31. The van der Waals surface area contributed by atoms with Gasteiger partial charge in [-0.05, 0) is 23.8 Å². The van der Waals surface area contributed by atoms with Gasteiger partial charge in [-0.15, -0.1) is 0 Å². The molecule has 0 unspecified atom stereocenters. The van der Waals surface area contributed by atoms with E-state index >= 15 is 0 Å². The Hall–Kier alpha value is -3.32. The average molecular weight is 410 g/mol. The Bertz CT molecular complexity index is 1260. The molecule has 3 aromatic heterocycles. The highest BCUT2D eigenvalue weighted by Crippen LogP contribution is 2.26. The number of hydrogen-bond acceptors (Lipinski definition) is 3. The molecule has 0 saturated heterocycles. The molecule has 0 radical (unpaired) electrons. The fraction of sp³-hybridized carbons (Fsp3) is 0.190. The van der Waals surface area contributed by atoms with Crippen LogP contribution in [0.1, 0.15) is 37.0 Å². The van der Waals surface area contributed by atoms with Gasteiger partial charge in [0, 0.05) is 35.1 Å². The first-order valence-corrected chi connectivity index (χ1v) is 9.47. The summed E-state index contributed by atoms with van der Waals surface area (Å²) >= 11 is 5.84. The second kappa shape index (κ2) is 6.93. The molecule has 0 saturated carbocycles. The molecule has 3 heterocycles. The number of rotatable bonds is 3. The van der Waals surface area contributed by atoms with E-state index in [4.69, 9.17) is 16.6 Å². The van der Waals surface area contributed by atoms with Gasteiger partial charge in [0.05, 0.1) is 10.7 Å². The van der Waals surface area contributed by atoms with Crippen molar-refractivity contribution in [1.82, 2.24) is 19.6 Å². The van der Waals surface area contributed by atoms with Crippen molar-refractivity contribution in [3.05, 3.63) is 75.6 Å². The monoisotopic (exact) mass is 409 g/mol. The first-order valence-electron chi connectivity index (χ1n) is 9.10. The summed E-state index contributed by atoms with van der Waals surface area (Å²) in [5.41, 5.74) is 3.62. The minimum Gasteiger partial charge on any atom is -0.356 e. The van der Waals surface area contributed by atoms with Crippen molar-refractivity contribution in [3.8, 4) is 11.1 Å². The maximum atomic E-state index is 12.4. The fourth-order valence-electron chi connectivity index (χ4n) is 3.01. The Kier molecular flexibility index (Phi) is 4.55. The second-order valence-corrected chi connectivity index (χ2v) is 8.28. The molecule has 148 valence electrons. The van der Waals surface area contributed by atoms with Crippen LogP contribution in [-0.4, -0.2) is 25.5 Å². The zero-order valence-corrected chi connectivity index (χ0v) is 17.0. The molecule has 0 spiro atoms. The van der Waals surface area contributed by atoms with Crippen LogP contribution in [0, 0.1) is 0 Å². The molecule has 0 aliphatic carbocycles. The molecule has 0 fully saturated rings. The van der Waals surface area contributed by atoms with Crippen molar-refractivity contribution in [2.45, 2.75) is 26.2 Å². The molecule has 0 aliphatic heterocycles. The molecule has 3 N–H and O–H groups in total. The van der Waals surface area contributed by atoms with E-state index in [9.17, 15) is 9.59 Å². The number of fused-ring (bicyclic) bond motifs is 1. The maximum absolute atomic E-state index is 12.4. The van der Waals surface area contributed by atoms with Gasteiger partial charge in [-0.3, -0.25) is 14.7 Å². The first-order chi connectivity index (χ1) is 13.7. The van der Waals surface area contributed by atoms with Crippen molar-refractivity contribution in [3.63, 3.8) is 0 Å². The van der Waals surface area contributed by atoms with Crippen molar-refractivity contribution >= 4 is 28.8 Å². The van der Waals surface area contributed by atoms with Crippen molar-refractivity contribution in [2.24, 2.45) is 0 Å². The minimum absolute atomic E-state index is 0.153. The molecule has 8 heteroatoms. The third kappa shape index (κ3) is 3.69. The summed E-state index contributed by atoms with van der Waals surface area (Å²) in [5, 5.41) is 6.25. The van der Waals surface area contributed by atoms with E-state index in [2.05, 4.69) is 15.4 Å². The number of anilines is 1. The lowest BCUT2D eigenvalue weighted by Crippen LogP contribution is -2.22. The van der Waals surface area contributed by atoms with Crippen LogP contribution in [0.4, 0.5) is 5.69 Å². The van der Waals surface area contributed by atoms with Gasteiger partial charge < -0.3 is 10.3 Å². The van der Waals surface area contributed by atoms with Gasteiger partial charge in [-0.25, -0.2) is 9.50 Å². The number of aromatic amines is 2. The summed E-state index contributed by atoms with van der Waals surface area (Å²) < 4.78 is 1.43. The van der Waals surface area contributed by atoms with E-state index in [0.717, 1.165) is 16.8 Å². The summed E-state index contributed by atoms with van der Waals surface area (Å²) in [5.74, 6) is -0.278. The summed E-state index contributed by atoms with van der Waals surface area (Å²) in [6, 6.07) is 10.5. The normalized spacial score (nSPS) is 11.7. The number of carbonyl (C=O) groups excluding carboxylic acids is 1. The predicted molar refractivity (Wildman–Crippen MR) is 114 cm³/mol. The van der Waals surface area contributed by atoms with Crippen LogP contribution < -0.4 is 10.9 Å². The van der Waals surface area contributed by atoms with Gasteiger partial charge in [-0.2, -0.15) is 0 Å². The molecule has 0 atom stereocenters. The van der Waals surface area contributed by atoms with Crippen LogP contribution in [0.25, 0.3) is 16.8 Å². The summed E-state index contributed by atoms with van der Waals surface area (Å²) in [7, 11) is 0. The van der Waals surface area contributed by atoms with Crippen LogP contribution >= 0.6 is 11.6 Å². The predicted octanol–water partition coefficient (Wildman–Crippen LogP) is 4.22. The second-order valence-electron chi connectivity index (χ2n) is 7.84. The van der Waals surface area contributed by atoms with Crippen LogP contribution in [0.5, 0.6) is 0 Å². The van der Waals surface area contributed by atoms with E-state index in [1.807, 2.05) is 32.9 Å². The lowest BCUT2D eigenvalue weighted by Gasteiger charge is -2.17. The van der Waals surface area contributed by atoms with Crippen LogP contribution in [0.3, 0.4) is 0 Å². The third-order valence-electron chi connectivity index (χ3n) is 4.61. The van der Waals surface area contributed by atoms with E-state index in [0.29, 0.717) is 22.1 Å². The van der Waals surface area contributed by atoms with Crippen molar-refractivity contribution in [1.29, 1.82) is 0 Å². The highest BCUT2D eigenvalue weighted by atomic mass is 35.5. The van der Waals surface area contributed by atoms with E-state index in [1.165, 1.54) is 4.52 Å². The minimum atomic E-state index is -0.278. The number of amides is 1. The highest BCUT2D eigenvalue weighted by Gasteiger charge is 2.19. The zero-order chi connectivity index (χ0) is 20.8. The van der Waals surface area contributed by atoms with Crippen LogP contribution in [0.15, 0.2) is 53.6 Å².